The van der Waals surface area contributed by atoms with Crippen molar-refractivity contribution in [3.8, 4) is 0 Å². The van der Waals surface area contributed by atoms with E-state index in [9.17, 15) is 4.79 Å². The molecule has 1 aromatic carbocycles. The number of nitrogens with one attached hydrogen (secondary N) is 1. The fraction of sp³-hybridized carbons (Fsp3) is 0.524. The van der Waals surface area contributed by atoms with Gasteiger partial charge in [0.15, 0.2) is 0 Å². The van der Waals surface area contributed by atoms with E-state index in [4.69, 9.17) is 4.74 Å². The standard InChI is InChI=1S/C21H25N3O2S/c1-27-12-20(25)23-10-15-16-11-24(13-21(16)8-6-19(15)26-21)18-7-9-22-17-5-3-2-4-14(17)18/h2-5,7,9,15-16,19H,6,8,10-13H2,1H3,(H,23,25)/t15-,16+,19+,21+/m0/s1. The third-order valence-corrected chi connectivity index (χ3v) is 7.11. The van der Waals surface area contributed by atoms with Gasteiger partial charge in [0.1, 0.15) is 0 Å². The maximum atomic E-state index is 11.9. The normalized spacial score (nSPS) is 31.4. The van der Waals surface area contributed by atoms with Gasteiger partial charge in [0.25, 0.3) is 0 Å². The zero-order chi connectivity index (χ0) is 18.4. The Hall–Kier alpha value is -1.79. The minimum Gasteiger partial charge on any atom is -0.369 e. The number of benzene rings is 1. The Morgan fingerprint density at radius 2 is 2.30 bits per heavy atom. The average molecular weight is 384 g/mol. The van der Waals surface area contributed by atoms with Crippen molar-refractivity contribution in [2.24, 2.45) is 11.8 Å². The van der Waals surface area contributed by atoms with Gasteiger partial charge in [0.2, 0.25) is 5.91 Å². The van der Waals surface area contributed by atoms with Gasteiger partial charge in [-0.1, -0.05) is 18.2 Å². The molecule has 4 heterocycles. The molecular formula is C21H25N3O2S. The van der Waals surface area contributed by atoms with E-state index in [-0.39, 0.29) is 11.5 Å². The number of nitrogens with zero attached hydrogens (tertiary/aromatic N) is 2. The highest BCUT2D eigenvalue weighted by molar-refractivity contribution is 7.99. The van der Waals surface area contributed by atoms with E-state index in [1.54, 1.807) is 11.8 Å². The molecule has 3 aliphatic heterocycles. The molecule has 4 atom stereocenters. The first-order valence-corrected chi connectivity index (χ1v) is 11.1. The minimum absolute atomic E-state index is 0.0378. The third kappa shape index (κ3) is 2.81. The lowest BCUT2D eigenvalue weighted by atomic mass is 9.73. The molecule has 1 aromatic heterocycles. The van der Waals surface area contributed by atoms with Gasteiger partial charge < -0.3 is 15.0 Å². The van der Waals surface area contributed by atoms with Gasteiger partial charge in [0.05, 0.1) is 23.0 Å². The smallest absolute Gasteiger partial charge is 0.229 e. The zero-order valence-electron chi connectivity index (χ0n) is 15.6. The Morgan fingerprint density at radius 3 is 3.19 bits per heavy atom. The highest BCUT2D eigenvalue weighted by Crippen LogP contribution is 2.55. The van der Waals surface area contributed by atoms with Gasteiger partial charge in [-0.2, -0.15) is 11.8 Å². The van der Waals surface area contributed by atoms with E-state index in [1.807, 2.05) is 18.5 Å². The Morgan fingerprint density at radius 1 is 1.41 bits per heavy atom. The van der Waals surface area contributed by atoms with Crippen molar-refractivity contribution in [3.05, 3.63) is 36.5 Å². The summed E-state index contributed by atoms with van der Waals surface area (Å²) in [6, 6.07) is 10.5. The topological polar surface area (TPSA) is 54.5 Å². The maximum absolute atomic E-state index is 11.9. The van der Waals surface area contributed by atoms with E-state index < -0.39 is 0 Å². The van der Waals surface area contributed by atoms with E-state index >= 15 is 0 Å². The van der Waals surface area contributed by atoms with Crippen molar-refractivity contribution in [2.75, 3.05) is 36.5 Å². The highest BCUT2D eigenvalue weighted by atomic mass is 32.2. The van der Waals surface area contributed by atoms with Crippen LogP contribution in [0.2, 0.25) is 0 Å². The molecule has 3 aliphatic rings. The number of hydrogen-bond donors (Lipinski definition) is 1. The van der Waals surface area contributed by atoms with Gasteiger partial charge in [-0.15, -0.1) is 0 Å². The van der Waals surface area contributed by atoms with Crippen molar-refractivity contribution in [2.45, 2.75) is 24.5 Å². The molecule has 3 saturated heterocycles. The second-order valence-corrected chi connectivity index (χ2v) is 8.86. The summed E-state index contributed by atoms with van der Waals surface area (Å²) >= 11 is 1.57. The molecule has 1 amide bonds. The summed E-state index contributed by atoms with van der Waals surface area (Å²) < 4.78 is 6.54. The summed E-state index contributed by atoms with van der Waals surface area (Å²) in [5, 5.41) is 4.34. The predicted molar refractivity (Wildman–Crippen MR) is 109 cm³/mol. The van der Waals surface area contributed by atoms with Crippen LogP contribution in [0.25, 0.3) is 10.9 Å². The average Bonchev–Trinajstić information content (AvgIpc) is 3.34. The summed E-state index contributed by atoms with van der Waals surface area (Å²) in [5.41, 5.74) is 2.25. The first-order chi connectivity index (χ1) is 13.2. The molecule has 0 radical (unpaired) electrons. The van der Waals surface area contributed by atoms with E-state index in [1.165, 1.54) is 11.1 Å². The lowest BCUT2D eigenvalue weighted by molar-refractivity contribution is -0.118. The maximum Gasteiger partial charge on any atom is 0.229 e. The fourth-order valence-corrected chi connectivity index (χ4v) is 5.78. The minimum atomic E-state index is -0.0378. The summed E-state index contributed by atoms with van der Waals surface area (Å²) in [7, 11) is 0. The molecule has 5 rings (SSSR count). The van der Waals surface area contributed by atoms with Gasteiger partial charge >= 0.3 is 0 Å². The molecule has 0 aliphatic carbocycles. The summed E-state index contributed by atoms with van der Waals surface area (Å²) in [4.78, 5) is 18.9. The number of ether oxygens (including phenoxy) is 1. The number of thioether (sulfide) groups is 1. The molecule has 0 unspecified atom stereocenters. The number of hydrogen-bond acceptors (Lipinski definition) is 5. The highest BCUT2D eigenvalue weighted by Gasteiger charge is 2.62. The molecule has 1 N–H and O–H groups in total. The molecule has 5 nitrogen and oxygen atoms in total. The van der Waals surface area contributed by atoms with Crippen molar-refractivity contribution >= 4 is 34.3 Å². The van der Waals surface area contributed by atoms with E-state index in [0.717, 1.165) is 38.0 Å². The van der Waals surface area contributed by atoms with Crippen molar-refractivity contribution in [1.82, 2.24) is 10.3 Å². The third-order valence-electron chi connectivity index (χ3n) is 6.56. The van der Waals surface area contributed by atoms with Crippen LogP contribution in [0.1, 0.15) is 12.8 Å². The van der Waals surface area contributed by atoms with Crippen LogP contribution >= 0.6 is 11.8 Å². The van der Waals surface area contributed by atoms with Gasteiger partial charge in [-0.05, 0) is 31.2 Å². The zero-order valence-corrected chi connectivity index (χ0v) is 16.4. The Bertz CT molecular complexity index is 870. The number of aromatic nitrogens is 1. The van der Waals surface area contributed by atoms with Gasteiger partial charge in [-0.25, -0.2) is 0 Å². The number of amides is 1. The summed E-state index contributed by atoms with van der Waals surface area (Å²) in [6.07, 6.45) is 6.42. The van der Waals surface area contributed by atoms with Crippen LogP contribution in [-0.2, 0) is 9.53 Å². The Labute approximate surface area is 163 Å². The number of fused-ring (bicyclic) bond motifs is 2. The molecule has 142 valence electrons. The second-order valence-electron chi connectivity index (χ2n) is 7.99. The van der Waals surface area contributed by atoms with Crippen LogP contribution in [0.4, 0.5) is 5.69 Å². The van der Waals surface area contributed by atoms with Crippen LogP contribution in [0.3, 0.4) is 0 Å². The van der Waals surface area contributed by atoms with Crippen LogP contribution in [0.5, 0.6) is 0 Å². The molecule has 1 spiro atoms. The van der Waals surface area contributed by atoms with Crippen molar-refractivity contribution in [3.63, 3.8) is 0 Å². The van der Waals surface area contributed by atoms with Gasteiger partial charge in [-0.3, -0.25) is 9.78 Å². The van der Waals surface area contributed by atoms with Crippen LogP contribution in [0.15, 0.2) is 36.5 Å². The van der Waals surface area contributed by atoms with E-state index in [2.05, 4.69) is 39.5 Å². The lowest BCUT2D eigenvalue weighted by Gasteiger charge is -2.29. The SMILES string of the molecule is CSCC(=O)NC[C@H]1[C@H]2CN(c3ccnc4ccccc34)C[C@]23CC[C@H]1O3. The molecule has 2 bridgehead atoms. The quantitative estimate of drug-likeness (QED) is 0.860. The Kier molecular flexibility index (Phi) is 4.28. The number of carbonyl (C=O) groups is 1. The molecule has 27 heavy (non-hydrogen) atoms. The molecule has 3 fully saturated rings. The Balaban J connectivity index is 1.38. The first-order valence-electron chi connectivity index (χ1n) is 9.72. The summed E-state index contributed by atoms with van der Waals surface area (Å²) in [5.74, 6) is 1.57. The number of para-hydroxylation sites is 1. The van der Waals surface area contributed by atoms with Gasteiger partial charge in [0, 0.05) is 48.7 Å². The predicted octanol–water partition coefficient (Wildman–Crippen LogP) is 2.70. The fourth-order valence-electron chi connectivity index (χ4n) is 5.42. The number of anilines is 1. The second kappa shape index (κ2) is 6.67. The summed E-state index contributed by atoms with van der Waals surface area (Å²) in [6.45, 7) is 2.67. The van der Waals surface area contributed by atoms with Crippen LogP contribution in [-0.4, -0.2) is 54.2 Å². The first kappa shape index (κ1) is 17.3. The monoisotopic (exact) mass is 383 g/mol. The molecule has 6 heteroatoms. The molecular weight excluding hydrogens is 358 g/mol. The number of pyridine rings is 1. The van der Waals surface area contributed by atoms with Crippen LogP contribution in [0, 0.1) is 11.8 Å². The largest absolute Gasteiger partial charge is 0.369 e. The number of carbonyl (C=O) groups excluding carboxylic acids is 1. The van der Waals surface area contributed by atoms with Crippen LogP contribution < -0.4 is 10.2 Å². The number of rotatable bonds is 5. The molecule has 2 aromatic rings. The van der Waals surface area contributed by atoms with E-state index in [0.29, 0.717) is 23.7 Å². The lowest BCUT2D eigenvalue weighted by Crippen LogP contribution is -2.42. The molecule has 0 saturated carbocycles. The van der Waals surface area contributed by atoms with Crippen molar-refractivity contribution < 1.29 is 9.53 Å². The van der Waals surface area contributed by atoms with Crippen molar-refractivity contribution in [1.29, 1.82) is 0 Å².